The van der Waals surface area contributed by atoms with Gasteiger partial charge in [0, 0.05) is 24.4 Å². The van der Waals surface area contributed by atoms with E-state index in [9.17, 15) is 19.3 Å². The van der Waals surface area contributed by atoms with Gasteiger partial charge in [-0.2, -0.15) is 0 Å². The first-order chi connectivity index (χ1) is 13.2. The molecule has 0 N–H and O–H groups in total. The maximum atomic E-state index is 12.0. The van der Waals surface area contributed by atoms with Crippen LogP contribution in [0, 0.1) is 10.8 Å². The zero-order chi connectivity index (χ0) is 20.2. The number of ketones is 1. The standard InChI is InChI=1S/C22H39NO4/c1-2-3-4-5-6-7-8-9-10-11-12-13-14-17-21(25)19-20(16-15-18-24)22(26)23-27/h18,20H,2-17,19H2,1H3. The van der Waals surface area contributed by atoms with Crippen LogP contribution in [0.15, 0.2) is 5.18 Å². The van der Waals surface area contributed by atoms with Gasteiger partial charge in [-0.05, 0) is 12.8 Å². The molecule has 0 radical (unpaired) electrons. The van der Waals surface area contributed by atoms with E-state index in [1.165, 1.54) is 64.2 Å². The minimum atomic E-state index is -0.810. The van der Waals surface area contributed by atoms with Crippen molar-refractivity contribution in [2.75, 3.05) is 0 Å². The summed E-state index contributed by atoms with van der Waals surface area (Å²) in [5.41, 5.74) is 0. The number of Topliss-reactive ketones (excluding diaryl/α,β-unsaturated/α-hetero) is 1. The second-order valence-corrected chi connectivity index (χ2v) is 7.61. The number of rotatable bonds is 20. The number of hydrogen-bond acceptors (Lipinski definition) is 4. The molecule has 27 heavy (non-hydrogen) atoms. The van der Waals surface area contributed by atoms with Crippen LogP contribution in [0.2, 0.25) is 0 Å². The van der Waals surface area contributed by atoms with Crippen molar-refractivity contribution in [3.05, 3.63) is 4.91 Å². The summed E-state index contributed by atoms with van der Waals surface area (Å²) in [6.07, 6.45) is 17.9. The van der Waals surface area contributed by atoms with Crippen LogP contribution in [-0.4, -0.2) is 18.0 Å². The van der Waals surface area contributed by atoms with Crippen molar-refractivity contribution in [1.82, 2.24) is 0 Å². The molecule has 0 aliphatic carbocycles. The minimum Gasteiger partial charge on any atom is -0.303 e. The highest BCUT2D eigenvalue weighted by atomic mass is 16.3. The van der Waals surface area contributed by atoms with Gasteiger partial charge >= 0.3 is 0 Å². The van der Waals surface area contributed by atoms with Crippen LogP contribution in [0.5, 0.6) is 0 Å². The van der Waals surface area contributed by atoms with Gasteiger partial charge < -0.3 is 4.79 Å². The number of hydrogen-bond donors (Lipinski definition) is 0. The van der Waals surface area contributed by atoms with Crippen LogP contribution in [0.25, 0.3) is 0 Å². The molecular weight excluding hydrogens is 342 g/mol. The number of amides is 1. The normalized spacial score (nSPS) is 11.9. The molecule has 0 aromatic carbocycles. The highest BCUT2D eigenvalue weighted by Crippen LogP contribution is 2.17. The van der Waals surface area contributed by atoms with Gasteiger partial charge in [-0.1, -0.05) is 84.0 Å². The molecule has 156 valence electrons. The lowest BCUT2D eigenvalue weighted by Crippen LogP contribution is -2.17. The Kier molecular flexibility index (Phi) is 18.4. The summed E-state index contributed by atoms with van der Waals surface area (Å²) in [6.45, 7) is 2.24. The molecule has 0 saturated heterocycles. The van der Waals surface area contributed by atoms with Crippen molar-refractivity contribution in [3.8, 4) is 0 Å². The molecule has 1 amide bonds. The van der Waals surface area contributed by atoms with E-state index in [-0.39, 0.29) is 25.0 Å². The monoisotopic (exact) mass is 381 g/mol. The molecule has 0 saturated carbocycles. The minimum absolute atomic E-state index is 0.00836. The Bertz CT molecular complexity index is 409. The Morgan fingerprint density at radius 1 is 0.815 bits per heavy atom. The molecule has 0 aliphatic rings. The third kappa shape index (κ3) is 16.5. The highest BCUT2D eigenvalue weighted by molar-refractivity contribution is 5.87. The van der Waals surface area contributed by atoms with Crippen molar-refractivity contribution in [2.24, 2.45) is 11.1 Å². The maximum Gasteiger partial charge on any atom is 0.289 e. The predicted molar refractivity (Wildman–Crippen MR) is 110 cm³/mol. The first-order valence-corrected chi connectivity index (χ1v) is 11.0. The third-order valence-electron chi connectivity index (χ3n) is 5.11. The van der Waals surface area contributed by atoms with Gasteiger partial charge in [0.1, 0.15) is 12.1 Å². The van der Waals surface area contributed by atoms with E-state index in [4.69, 9.17) is 0 Å². The molecule has 0 rings (SSSR count). The molecule has 0 bridgehead atoms. The van der Waals surface area contributed by atoms with Crippen LogP contribution in [0.4, 0.5) is 0 Å². The fraction of sp³-hybridized carbons (Fsp3) is 0.864. The summed E-state index contributed by atoms with van der Waals surface area (Å²) in [5.74, 6) is -1.54. The van der Waals surface area contributed by atoms with Crippen molar-refractivity contribution in [1.29, 1.82) is 0 Å². The van der Waals surface area contributed by atoms with E-state index in [1.54, 1.807) is 0 Å². The summed E-state index contributed by atoms with van der Waals surface area (Å²) in [4.78, 5) is 44.1. The lowest BCUT2D eigenvalue weighted by atomic mass is 9.94. The van der Waals surface area contributed by atoms with Gasteiger partial charge in [0.25, 0.3) is 5.91 Å². The molecule has 1 unspecified atom stereocenters. The molecule has 0 aliphatic heterocycles. The Morgan fingerprint density at radius 3 is 1.74 bits per heavy atom. The molecule has 5 heteroatoms. The number of aldehydes is 1. The van der Waals surface area contributed by atoms with Gasteiger partial charge in [0.15, 0.2) is 0 Å². The Hall–Kier alpha value is -1.39. The number of carbonyl (C=O) groups is 3. The van der Waals surface area contributed by atoms with Crippen molar-refractivity contribution in [3.63, 3.8) is 0 Å². The third-order valence-corrected chi connectivity index (χ3v) is 5.11. The Morgan fingerprint density at radius 2 is 1.30 bits per heavy atom. The average Bonchev–Trinajstić information content (AvgIpc) is 2.68. The molecule has 0 spiro atoms. The summed E-state index contributed by atoms with van der Waals surface area (Å²) in [5, 5.41) is 2.41. The van der Waals surface area contributed by atoms with E-state index in [1.807, 2.05) is 0 Å². The number of nitroso groups, excluding NO2 is 1. The second kappa shape index (κ2) is 19.4. The molecule has 0 aromatic heterocycles. The Balaban J connectivity index is 3.55. The quantitative estimate of drug-likeness (QED) is 0.140. The van der Waals surface area contributed by atoms with Crippen LogP contribution in [-0.2, 0) is 14.4 Å². The Labute approximate surface area is 165 Å². The van der Waals surface area contributed by atoms with Gasteiger partial charge in [-0.25, -0.2) is 0 Å². The SMILES string of the molecule is CCCCCCCCCCCCCCCC(=O)CC(CCC=O)C(=O)N=O. The van der Waals surface area contributed by atoms with Crippen molar-refractivity contribution >= 4 is 18.0 Å². The number of unbranched alkanes of at least 4 members (excludes halogenated alkanes) is 12. The van der Waals surface area contributed by atoms with E-state index >= 15 is 0 Å². The second-order valence-electron chi connectivity index (χ2n) is 7.61. The van der Waals surface area contributed by atoms with Crippen molar-refractivity contribution in [2.45, 2.75) is 116 Å². The maximum absolute atomic E-state index is 12.0. The summed E-state index contributed by atoms with van der Waals surface area (Å²) < 4.78 is 0. The topological polar surface area (TPSA) is 80.6 Å². The lowest BCUT2D eigenvalue weighted by molar-refractivity contribution is -0.127. The van der Waals surface area contributed by atoms with Gasteiger partial charge in [-0.3, -0.25) is 9.59 Å². The first-order valence-electron chi connectivity index (χ1n) is 11.0. The molecule has 0 aromatic rings. The first kappa shape index (κ1) is 25.6. The predicted octanol–water partition coefficient (Wildman–Crippen LogP) is 6.32. The smallest absolute Gasteiger partial charge is 0.289 e. The molecule has 5 nitrogen and oxygen atoms in total. The van der Waals surface area contributed by atoms with E-state index in [0.29, 0.717) is 12.7 Å². The zero-order valence-electron chi connectivity index (χ0n) is 17.3. The van der Waals surface area contributed by atoms with Gasteiger partial charge in [0.05, 0.1) is 5.92 Å². The van der Waals surface area contributed by atoms with Crippen LogP contribution < -0.4 is 0 Å². The number of carbonyl (C=O) groups excluding carboxylic acids is 3. The van der Waals surface area contributed by atoms with Crippen LogP contribution in [0.1, 0.15) is 116 Å². The largest absolute Gasteiger partial charge is 0.303 e. The van der Waals surface area contributed by atoms with Crippen molar-refractivity contribution < 1.29 is 14.4 Å². The molecular formula is C22H39NO4. The van der Waals surface area contributed by atoms with Crippen LogP contribution in [0.3, 0.4) is 0 Å². The summed E-state index contributed by atoms with van der Waals surface area (Å²) in [6, 6.07) is 0. The zero-order valence-corrected chi connectivity index (χ0v) is 17.3. The van der Waals surface area contributed by atoms with E-state index in [2.05, 4.69) is 12.1 Å². The highest BCUT2D eigenvalue weighted by Gasteiger charge is 2.21. The van der Waals surface area contributed by atoms with E-state index < -0.39 is 11.8 Å². The molecule has 0 fully saturated rings. The van der Waals surface area contributed by atoms with Crippen LogP contribution >= 0.6 is 0 Å². The molecule has 1 atom stereocenters. The number of nitrogens with zero attached hydrogens (tertiary/aromatic N) is 1. The fourth-order valence-corrected chi connectivity index (χ4v) is 3.37. The fourth-order valence-electron chi connectivity index (χ4n) is 3.37. The lowest BCUT2D eigenvalue weighted by Gasteiger charge is -2.09. The van der Waals surface area contributed by atoms with E-state index in [0.717, 1.165) is 19.3 Å². The summed E-state index contributed by atoms with van der Waals surface area (Å²) in [7, 11) is 0. The molecule has 0 heterocycles. The van der Waals surface area contributed by atoms with Gasteiger partial charge in [-0.15, -0.1) is 4.91 Å². The summed E-state index contributed by atoms with van der Waals surface area (Å²) >= 11 is 0. The van der Waals surface area contributed by atoms with Gasteiger partial charge in [0.2, 0.25) is 0 Å². The average molecular weight is 382 g/mol.